The number of halogens is 3. The van der Waals surface area contributed by atoms with Crippen LogP contribution < -0.4 is 5.32 Å². The van der Waals surface area contributed by atoms with E-state index in [0.717, 1.165) is 11.3 Å². The Kier molecular flexibility index (Phi) is 5.58. The van der Waals surface area contributed by atoms with Crippen LogP contribution in [-0.4, -0.2) is 16.5 Å². The molecule has 0 amide bonds. The topological polar surface area (TPSA) is 29.9 Å². The van der Waals surface area contributed by atoms with Crippen molar-refractivity contribution in [3.05, 3.63) is 48.0 Å². The molecule has 0 unspecified atom stereocenters. The molecule has 1 N–H and O–H groups in total. The summed E-state index contributed by atoms with van der Waals surface area (Å²) in [6, 6.07) is 6.27. The van der Waals surface area contributed by atoms with Crippen molar-refractivity contribution >= 4 is 18.1 Å². The van der Waals surface area contributed by atoms with E-state index in [1.54, 1.807) is 24.5 Å². The van der Waals surface area contributed by atoms with Crippen molar-refractivity contribution in [1.82, 2.24) is 9.78 Å². The number of aryl methyl sites for hydroxylation is 1. The van der Waals surface area contributed by atoms with Crippen LogP contribution in [0.1, 0.15) is 5.56 Å². The third kappa shape index (κ3) is 4.00. The zero-order chi connectivity index (χ0) is 12.1. The number of hydrogen-bond donors (Lipinski definition) is 1. The second-order valence-corrected chi connectivity index (χ2v) is 3.66. The van der Waals surface area contributed by atoms with Gasteiger partial charge in [0.05, 0.1) is 18.4 Å². The first kappa shape index (κ1) is 14.4. The molecule has 0 atom stereocenters. The van der Waals surface area contributed by atoms with Gasteiger partial charge in [-0.25, -0.2) is 8.78 Å². The van der Waals surface area contributed by atoms with Crippen LogP contribution in [0.5, 0.6) is 0 Å². The van der Waals surface area contributed by atoms with E-state index in [0.29, 0.717) is 6.54 Å². The van der Waals surface area contributed by atoms with Gasteiger partial charge in [-0.1, -0.05) is 12.1 Å². The highest BCUT2D eigenvalue weighted by molar-refractivity contribution is 5.85. The Bertz CT molecular complexity index is 470. The van der Waals surface area contributed by atoms with Crippen molar-refractivity contribution in [3.63, 3.8) is 0 Å². The highest BCUT2D eigenvalue weighted by Crippen LogP contribution is 2.08. The minimum Gasteiger partial charge on any atom is -0.378 e. The van der Waals surface area contributed by atoms with Crippen molar-refractivity contribution in [2.75, 3.05) is 12.0 Å². The fourth-order valence-corrected chi connectivity index (χ4v) is 1.47. The highest BCUT2D eigenvalue weighted by Gasteiger charge is 1.98. The first-order valence-electron chi connectivity index (χ1n) is 5.34. The summed E-state index contributed by atoms with van der Waals surface area (Å²) < 4.78 is 26.3. The van der Waals surface area contributed by atoms with Crippen molar-refractivity contribution in [2.45, 2.75) is 13.1 Å². The van der Waals surface area contributed by atoms with Crippen LogP contribution in [0.3, 0.4) is 0 Å². The van der Waals surface area contributed by atoms with Crippen LogP contribution in [0.4, 0.5) is 14.5 Å². The number of aromatic nitrogens is 2. The quantitative estimate of drug-likeness (QED) is 0.907. The molecule has 0 aliphatic carbocycles. The lowest BCUT2D eigenvalue weighted by molar-refractivity contribution is 0.427. The molecule has 0 bridgehead atoms. The summed E-state index contributed by atoms with van der Waals surface area (Å²) in [5, 5.41) is 7.12. The van der Waals surface area contributed by atoms with E-state index in [-0.39, 0.29) is 24.8 Å². The van der Waals surface area contributed by atoms with Gasteiger partial charge in [-0.3, -0.25) is 4.68 Å². The number of rotatable bonds is 5. The van der Waals surface area contributed by atoms with Crippen molar-refractivity contribution in [1.29, 1.82) is 0 Å². The van der Waals surface area contributed by atoms with Crippen LogP contribution in [0.2, 0.25) is 0 Å². The Morgan fingerprint density at radius 3 is 2.61 bits per heavy atom. The van der Waals surface area contributed by atoms with E-state index in [1.165, 1.54) is 16.8 Å². The molecule has 18 heavy (non-hydrogen) atoms. The summed E-state index contributed by atoms with van der Waals surface area (Å²) in [4.78, 5) is 0. The monoisotopic (exact) mass is 273 g/mol. The number of anilines is 1. The van der Waals surface area contributed by atoms with Crippen LogP contribution in [0.15, 0.2) is 36.7 Å². The lowest BCUT2D eigenvalue weighted by Crippen LogP contribution is -2.00. The molecule has 1 aromatic carbocycles. The van der Waals surface area contributed by atoms with Gasteiger partial charge in [0, 0.05) is 12.7 Å². The van der Waals surface area contributed by atoms with Crippen LogP contribution in [-0.2, 0) is 13.1 Å². The predicted molar refractivity (Wildman–Crippen MR) is 69.2 cm³/mol. The molecule has 0 fully saturated rings. The molecular weight excluding hydrogens is 260 g/mol. The molecule has 0 saturated heterocycles. The van der Waals surface area contributed by atoms with E-state index < -0.39 is 6.67 Å². The maximum absolute atomic E-state index is 12.7. The molecule has 0 aliphatic heterocycles. The van der Waals surface area contributed by atoms with Crippen molar-refractivity contribution in [2.24, 2.45) is 0 Å². The summed E-state index contributed by atoms with van der Waals surface area (Å²) in [6.45, 7) is 0.416. The van der Waals surface area contributed by atoms with Gasteiger partial charge in [-0.05, 0) is 17.7 Å². The number of nitrogens with zero attached hydrogens (tertiary/aromatic N) is 2. The second kappa shape index (κ2) is 6.96. The van der Waals surface area contributed by atoms with Gasteiger partial charge >= 0.3 is 0 Å². The molecule has 0 radical (unpaired) electrons. The molecule has 0 saturated carbocycles. The summed E-state index contributed by atoms with van der Waals surface area (Å²) in [5.41, 5.74) is 1.80. The third-order valence-electron chi connectivity index (χ3n) is 2.36. The predicted octanol–water partition coefficient (Wildman–Crippen LogP) is 3.03. The number of nitrogens with one attached hydrogen (secondary N) is 1. The van der Waals surface area contributed by atoms with Gasteiger partial charge in [0.2, 0.25) is 0 Å². The Balaban J connectivity index is 0.00000162. The molecule has 98 valence electrons. The Morgan fingerprint density at radius 1 is 1.22 bits per heavy atom. The molecule has 1 aromatic heterocycles. The van der Waals surface area contributed by atoms with Gasteiger partial charge in [0.15, 0.2) is 0 Å². The molecule has 2 rings (SSSR count). The van der Waals surface area contributed by atoms with Gasteiger partial charge in [0.1, 0.15) is 12.5 Å². The van der Waals surface area contributed by atoms with Gasteiger partial charge in [0.25, 0.3) is 0 Å². The average Bonchev–Trinajstić information content (AvgIpc) is 2.77. The van der Waals surface area contributed by atoms with Crippen molar-refractivity contribution in [3.8, 4) is 0 Å². The molecule has 3 nitrogen and oxygen atoms in total. The lowest BCUT2D eigenvalue weighted by Gasteiger charge is -2.03. The molecule has 0 aliphatic rings. The van der Waals surface area contributed by atoms with Crippen LogP contribution in [0, 0.1) is 5.82 Å². The highest BCUT2D eigenvalue weighted by atomic mass is 35.5. The minimum atomic E-state index is -0.431. The maximum Gasteiger partial charge on any atom is 0.123 e. The summed E-state index contributed by atoms with van der Waals surface area (Å²) in [6.07, 6.45) is 3.38. The normalized spacial score (nSPS) is 9.89. The Labute approximate surface area is 110 Å². The zero-order valence-electron chi connectivity index (χ0n) is 9.64. The number of alkyl halides is 1. The Hall–Kier alpha value is -1.62. The minimum absolute atomic E-state index is 0. The largest absolute Gasteiger partial charge is 0.378 e. The molecule has 0 spiro atoms. The summed E-state index contributed by atoms with van der Waals surface area (Å²) in [5.74, 6) is -0.246. The van der Waals surface area contributed by atoms with E-state index in [4.69, 9.17) is 0 Å². The smallest absolute Gasteiger partial charge is 0.123 e. The number of hydrogen-bond acceptors (Lipinski definition) is 2. The summed E-state index contributed by atoms with van der Waals surface area (Å²) >= 11 is 0. The fourth-order valence-electron chi connectivity index (χ4n) is 1.47. The standard InChI is InChI=1S/C12H13F2N3.ClH/c13-5-6-17-9-12(8-16-17)15-7-10-1-3-11(14)4-2-10;/h1-4,8-9,15H,5-7H2;1H. The van der Waals surface area contributed by atoms with E-state index in [2.05, 4.69) is 10.4 Å². The van der Waals surface area contributed by atoms with E-state index in [9.17, 15) is 8.78 Å². The van der Waals surface area contributed by atoms with Gasteiger partial charge < -0.3 is 5.32 Å². The zero-order valence-corrected chi connectivity index (χ0v) is 10.5. The molecular formula is C12H14ClF2N3. The van der Waals surface area contributed by atoms with Crippen molar-refractivity contribution < 1.29 is 8.78 Å². The number of benzene rings is 1. The van der Waals surface area contributed by atoms with Gasteiger partial charge in [-0.2, -0.15) is 5.10 Å². The maximum atomic E-state index is 12.7. The molecule has 2 aromatic rings. The van der Waals surface area contributed by atoms with E-state index in [1.807, 2.05) is 0 Å². The molecule has 1 heterocycles. The first-order chi connectivity index (χ1) is 8.28. The van der Waals surface area contributed by atoms with Gasteiger partial charge in [-0.15, -0.1) is 12.4 Å². The molecule has 6 heteroatoms. The fraction of sp³-hybridized carbons (Fsp3) is 0.250. The van der Waals surface area contributed by atoms with Crippen LogP contribution >= 0.6 is 12.4 Å². The second-order valence-electron chi connectivity index (χ2n) is 3.66. The van der Waals surface area contributed by atoms with E-state index >= 15 is 0 Å². The summed E-state index contributed by atoms with van der Waals surface area (Å²) in [7, 11) is 0. The SMILES string of the molecule is Cl.FCCn1cc(NCc2ccc(F)cc2)cn1. The third-order valence-corrected chi connectivity index (χ3v) is 2.36. The average molecular weight is 274 g/mol. The van der Waals surface area contributed by atoms with Crippen LogP contribution in [0.25, 0.3) is 0 Å². The Morgan fingerprint density at radius 2 is 1.94 bits per heavy atom. The lowest BCUT2D eigenvalue weighted by atomic mass is 10.2. The first-order valence-corrected chi connectivity index (χ1v) is 5.34.